The van der Waals surface area contributed by atoms with Crippen molar-refractivity contribution in [3.63, 3.8) is 0 Å². The molecule has 124 valence electrons. The smallest absolute Gasteiger partial charge is 0.339 e. The Bertz CT molecular complexity index is 440. The lowest BCUT2D eigenvalue weighted by Gasteiger charge is -2.08. The lowest BCUT2D eigenvalue weighted by molar-refractivity contribution is 0.0692. The average molecular weight is 306 g/mol. The highest BCUT2D eigenvalue weighted by molar-refractivity contribution is 5.92. The standard InChI is InChI=1S/C19H30O3/c1-2-3-4-5-6-7-8-9-10-11-13-16-14-12-15-17(20)18(16)19(21)22/h12,14-15,20H,2-11,13H2,1H3,(H,21,22). The van der Waals surface area contributed by atoms with E-state index < -0.39 is 5.97 Å². The minimum atomic E-state index is -1.04. The number of aryl methyl sites for hydroxylation is 1. The first-order chi connectivity index (χ1) is 10.7. The van der Waals surface area contributed by atoms with E-state index >= 15 is 0 Å². The Morgan fingerprint density at radius 1 is 0.909 bits per heavy atom. The van der Waals surface area contributed by atoms with Gasteiger partial charge >= 0.3 is 5.97 Å². The third kappa shape index (κ3) is 6.97. The molecule has 0 amide bonds. The summed E-state index contributed by atoms with van der Waals surface area (Å²) in [6.07, 6.45) is 13.4. The van der Waals surface area contributed by atoms with Gasteiger partial charge in [0.2, 0.25) is 0 Å². The van der Waals surface area contributed by atoms with E-state index in [1.165, 1.54) is 57.4 Å². The zero-order valence-corrected chi connectivity index (χ0v) is 13.8. The number of hydrogen-bond acceptors (Lipinski definition) is 2. The molecule has 1 rings (SSSR count). The Balaban J connectivity index is 2.15. The molecule has 3 heteroatoms. The Morgan fingerprint density at radius 2 is 1.45 bits per heavy atom. The summed E-state index contributed by atoms with van der Waals surface area (Å²) in [5, 5.41) is 18.8. The fourth-order valence-corrected chi connectivity index (χ4v) is 2.84. The minimum absolute atomic E-state index is 0.0680. The maximum absolute atomic E-state index is 11.2. The van der Waals surface area contributed by atoms with E-state index in [1.54, 1.807) is 12.1 Å². The van der Waals surface area contributed by atoms with Crippen LogP contribution in [0.15, 0.2) is 18.2 Å². The summed E-state index contributed by atoms with van der Waals surface area (Å²) < 4.78 is 0. The molecule has 0 aromatic heterocycles. The zero-order chi connectivity index (χ0) is 16.2. The van der Waals surface area contributed by atoms with Gasteiger partial charge in [-0.15, -0.1) is 0 Å². The number of phenols is 1. The molecule has 0 radical (unpaired) electrons. The Hall–Kier alpha value is -1.51. The van der Waals surface area contributed by atoms with Crippen LogP contribution < -0.4 is 0 Å². The lowest BCUT2D eigenvalue weighted by atomic mass is 9.99. The number of rotatable bonds is 12. The summed E-state index contributed by atoms with van der Waals surface area (Å²) >= 11 is 0. The molecule has 0 aliphatic rings. The second kappa shape index (κ2) is 11.1. The molecule has 3 nitrogen and oxygen atoms in total. The Labute approximate surface area is 134 Å². The van der Waals surface area contributed by atoms with E-state index in [0.29, 0.717) is 0 Å². The van der Waals surface area contributed by atoms with Gasteiger partial charge in [0.15, 0.2) is 0 Å². The molecular weight excluding hydrogens is 276 g/mol. The molecule has 0 spiro atoms. The third-order valence-corrected chi connectivity index (χ3v) is 4.14. The topological polar surface area (TPSA) is 57.5 Å². The molecule has 0 fully saturated rings. The summed E-state index contributed by atoms with van der Waals surface area (Å²) in [5.74, 6) is -1.17. The van der Waals surface area contributed by atoms with Gasteiger partial charge in [0.1, 0.15) is 11.3 Å². The van der Waals surface area contributed by atoms with Crippen LogP contribution in [0.2, 0.25) is 0 Å². The highest BCUT2D eigenvalue weighted by atomic mass is 16.4. The van der Waals surface area contributed by atoms with Gasteiger partial charge in [-0.2, -0.15) is 0 Å². The van der Waals surface area contributed by atoms with Gasteiger partial charge in [0.25, 0.3) is 0 Å². The Kier molecular flexibility index (Phi) is 9.36. The fourth-order valence-electron chi connectivity index (χ4n) is 2.84. The Morgan fingerprint density at radius 3 is 2.00 bits per heavy atom. The molecule has 1 aromatic rings. The highest BCUT2D eigenvalue weighted by Gasteiger charge is 2.14. The largest absolute Gasteiger partial charge is 0.507 e. The molecule has 0 heterocycles. The zero-order valence-electron chi connectivity index (χ0n) is 13.8. The number of carbonyl (C=O) groups is 1. The summed E-state index contributed by atoms with van der Waals surface area (Å²) in [5.41, 5.74) is 0.811. The van der Waals surface area contributed by atoms with Crippen LogP contribution in [0, 0.1) is 0 Å². The monoisotopic (exact) mass is 306 g/mol. The van der Waals surface area contributed by atoms with Crippen LogP contribution in [0.25, 0.3) is 0 Å². The number of aromatic hydroxyl groups is 1. The predicted molar refractivity (Wildman–Crippen MR) is 90.6 cm³/mol. The first kappa shape index (κ1) is 18.5. The van der Waals surface area contributed by atoms with Crippen LogP contribution in [0.1, 0.15) is 87.1 Å². The van der Waals surface area contributed by atoms with Crippen LogP contribution in [-0.2, 0) is 6.42 Å². The maximum atomic E-state index is 11.2. The normalized spacial score (nSPS) is 10.8. The van der Waals surface area contributed by atoms with E-state index in [0.717, 1.165) is 24.8 Å². The van der Waals surface area contributed by atoms with Crippen molar-refractivity contribution in [3.8, 4) is 5.75 Å². The van der Waals surface area contributed by atoms with Gasteiger partial charge in [0, 0.05) is 0 Å². The molecule has 0 unspecified atom stereocenters. The average Bonchev–Trinajstić information content (AvgIpc) is 2.48. The first-order valence-electron chi connectivity index (χ1n) is 8.71. The second-order valence-electron chi connectivity index (χ2n) is 6.05. The van der Waals surface area contributed by atoms with Gasteiger partial charge < -0.3 is 10.2 Å². The van der Waals surface area contributed by atoms with Crippen molar-refractivity contribution in [2.24, 2.45) is 0 Å². The fraction of sp³-hybridized carbons (Fsp3) is 0.632. The molecule has 2 N–H and O–H groups in total. The highest BCUT2D eigenvalue weighted by Crippen LogP contribution is 2.23. The molecule has 0 aliphatic carbocycles. The molecule has 0 bridgehead atoms. The number of carboxylic acid groups (broad SMARTS) is 1. The summed E-state index contributed by atoms with van der Waals surface area (Å²) in [7, 11) is 0. The summed E-state index contributed by atoms with van der Waals surface area (Å²) in [4.78, 5) is 11.2. The summed E-state index contributed by atoms with van der Waals surface area (Å²) in [6.45, 7) is 2.24. The van der Waals surface area contributed by atoms with Crippen LogP contribution in [-0.4, -0.2) is 16.2 Å². The van der Waals surface area contributed by atoms with Crippen LogP contribution in [0.5, 0.6) is 5.75 Å². The van der Waals surface area contributed by atoms with Gasteiger partial charge in [-0.05, 0) is 24.5 Å². The van der Waals surface area contributed by atoms with Crippen LogP contribution in [0.3, 0.4) is 0 Å². The van der Waals surface area contributed by atoms with E-state index in [-0.39, 0.29) is 11.3 Å². The van der Waals surface area contributed by atoms with Crippen molar-refractivity contribution < 1.29 is 15.0 Å². The van der Waals surface area contributed by atoms with Crippen molar-refractivity contribution in [2.75, 3.05) is 0 Å². The first-order valence-corrected chi connectivity index (χ1v) is 8.71. The van der Waals surface area contributed by atoms with Crippen LogP contribution >= 0.6 is 0 Å². The second-order valence-corrected chi connectivity index (χ2v) is 6.05. The molecule has 1 aromatic carbocycles. The number of unbranched alkanes of at least 4 members (excludes halogenated alkanes) is 9. The van der Waals surface area contributed by atoms with Crippen molar-refractivity contribution in [3.05, 3.63) is 29.3 Å². The molecule has 0 saturated carbocycles. The van der Waals surface area contributed by atoms with Crippen LogP contribution in [0.4, 0.5) is 0 Å². The van der Waals surface area contributed by atoms with Crippen molar-refractivity contribution in [2.45, 2.75) is 77.6 Å². The van der Waals surface area contributed by atoms with E-state index in [2.05, 4.69) is 6.92 Å². The van der Waals surface area contributed by atoms with Gasteiger partial charge in [-0.25, -0.2) is 4.79 Å². The summed E-state index contributed by atoms with van der Waals surface area (Å²) in [6, 6.07) is 4.95. The van der Waals surface area contributed by atoms with Crippen molar-refractivity contribution in [1.29, 1.82) is 0 Å². The predicted octanol–water partition coefficient (Wildman–Crippen LogP) is 5.55. The molecule has 0 aliphatic heterocycles. The van der Waals surface area contributed by atoms with Gasteiger partial charge in [-0.1, -0.05) is 76.8 Å². The molecule has 0 saturated heterocycles. The quantitative estimate of drug-likeness (QED) is 0.497. The molecule has 22 heavy (non-hydrogen) atoms. The number of aromatic carboxylic acids is 1. The van der Waals surface area contributed by atoms with Gasteiger partial charge in [-0.3, -0.25) is 0 Å². The van der Waals surface area contributed by atoms with Gasteiger partial charge in [0.05, 0.1) is 0 Å². The van der Waals surface area contributed by atoms with E-state index in [1.807, 2.05) is 0 Å². The number of hydrogen-bond donors (Lipinski definition) is 2. The SMILES string of the molecule is CCCCCCCCCCCCc1cccc(O)c1C(=O)O. The minimum Gasteiger partial charge on any atom is -0.507 e. The molecular formula is C19H30O3. The number of benzene rings is 1. The number of carboxylic acids is 1. The lowest BCUT2D eigenvalue weighted by Crippen LogP contribution is -2.03. The van der Waals surface area contributed by atoms with E-state index in [9.17, 15) is 9.90 Å². The maximum Gasteiger partial charge on any atom is 0.339 e. The molecule has 0 atom stereocenters. The third-order valence-electron chi connectivity index (χ3n) is 4.14. The van der Waals surface area contributed by atoms with E-state index in [4.69, 9.17) is 5.11 Å². The van der Waals surface area contributed by atoms with Crippen molar-refractivity contribution >= 4 is 5.97 Å². The van der Waals surface area contributed by atoms with Crippen molar-refractivity contribution in [1.82, 2.24) is 0 Å².